The number of carbonyl (C=O) groups excluding carboxylic acids is 1. The number of amides is 1. The van der Waals surface area contributed by atoms with Crippen LogP contribution in [0.4, 0.5) is 0 Å². The number of para-hydroxylation sites is 2. The molecule has 1 aliphatic rings. The van der Waals surface area contributed by atoms with E-state index in [1.807, 2.05) is 54.6 Å². The first kappa shape index (κ1) is 19.8. The highest BCUT2D eigenvalue weighted by Gasteiger charge is 2.14. The van der Waals surface area contributed by atoms with Gasteiger partial charge in [0.25, 0.3) is 11.5 Å². The van der Waals surface area contributed by atoms with Crippen LogP contribution in [0.15, 0.2) is 71.5 Å². The minimum atomic E-state index is -0.170. The molecule has 3 aromatic carbocycles. The van der Waals surface area contributed by atoms with Gasteiger partial charge in [0.05, 0.1) is 17.6 Å². The molecule has 1 aromatic heterocycles. The fourth-order valence-electron chi connectivity index (χ4n) is 3.76. The van der Waals surface area contributed by atoms with Crippen LogP contribution in [-0.4, -0.2) is 22.3 Å². The zero-order chi connectivity index (χ0) is 22.1. The van der Waals surface area contributed by atoms with Crippen LogP contribution in [0.25, 0.3) is 11.0 Å². The lowest BCUT2D eigenvalue weighted by Gasteiger charge is -2.12. The third-order valence-electron chi connectivity index (χ3n) is 5.46. The quantitative estimate of drug-likeness (QED) is 0.528. The third kappa shape index (κ3) is 3.80. The number of rotatable bonds is 5. The number of benzene rings is 3. The molecule has 1 amide bonds. The van der Waals surface area contributed by atoms with Crippen LogP contribution in [0.1, 0.15) is 27.2 Å². The first-order chi connectivity index (χ1) is 15.6. The summed E-state index contributed by atoms with van der Waals surface area (Å²) < 4.78 is 12.4. The Balaban J connectivity index is 1.29. The lowest BCUT2D eigenvalue weighted by molar-refractivity contribution is 0.0951. The van der Waals surface area contributed by atoms with E-state index in [9.17, 15) is 9.59 Å². The van der Waals surface area contributed by atoms with Crippen LogP contribution >= 0.6 is 0 Å². The molecular weight excluding hydrogens is 406 g/mol. The van der Waals surface area contributed by atoms with E-state index in [1.165, 1.54) is 0 Å². The summed E-state index contributed by atoms with van der Waals surface area (Å²) >= 11 is 0. The summed E-state index contributed by atoms with van der Waals surface area (Å²) in [4.78, 5) is 29.6. The minimum absolute atomic E-state index is 0.116. The van der Waals surface area contributed by atoms with E-state index >= 15 is 0 Å². The summed E-state index contributed by atoms with van der Waals surface area (Å²) in [6.07, 6.45) is 0. The number of fused-ring (bicyclic) bond motifs is 2. The van der Waals surface area contributed by atoms with E-state index in [0.29, 0.717) is 35.8 Å². The molecule has 160 valence electrons. The molecule has 7 heteroatoms. The molecule has 1 aliphatic heterocycles. The van der Waals surface area contributed by atoms with Gasteiger partial charge in [-0.05, 0) is 54.4 Å². The average molecular weight is 427 g/mol. The van der Waals surface area contributed by atoms with Gasteiger partial charge in [0.1, 0.15) is 5.69 Å². The first-order valence-electron chi connectivity index (χ1n) is 10.3. The highest BCUT2D eigenvalue weighted by atomic mass is 16.7. The Kier molecular flexibility index (Phi) is 5.07. The van der Waals surface area contributed by atoms with Crippen LogP contribution in [-0.2, 0) is 13.1 Å². The van der Waals surface area contributed by atoms with Crippen molar-refractivity contribution >= 4 is 16.9 Å². The Bertz CT molecular complexity index is 1380. The van der Waals surface area contributed by atoms with Crippen molar-refractivity contribution in [2.75, 3.05) is 6.79 Å². The smallest absolute Gasteiger partial charge is 0.272 e. The Labute approximate surface area is 184 Å². The van der Waals surface area contributed by atoms with Gasteiger partial charge < -0.3 is 19.4 Å². The molecular formula is C25H21N3O4. The molecule has 0 unspecified atom stereocenters. The largest absolute Gasteiger partial charge is 0.454 e. The van der Waals surface area contributed by atoms with Crippen LogP contribution in [0.3, 0.4) is 0 Å². The van der Waals surface area contributed by atoms with E-state index in [1.54, 1.807) is 23.6 Å². The molecule has 1 N–H and O–H groups in total. The number of nitrogens with zero attached hydrogens (tertiary/aromatic N) is 2. The molecule has 0 spiro atoms. The van der Waals surface area contributed by atoms with Gasteiger partial charge in [0, 0.05) is 12.1 Å². The molecule has 4 aromatic rings. The fourth-order valence-corrected chi connectivity index (χ4v) is 3.76. The van der Waals surface area contributed by atoms with Gasteiger partial charge in [-0.25, -0.2) is 4.98 Å². The second-order valence-electron chi connectivity index (χ2n) is 7.64. The van der Waals surface area contributed by atoms with E-state index in [2.05, 4.69) is 10.3 Å². The second-order valence-corrected chi connectivity index (χ2v) is 7.64. The molecule has 2 heterocycles. The van der Waals surface area contributed by atoms with Crippen LogP contribution < -0.4 is 20.3 Å². The second kappa shape index (κ2) is 8.19. The van der Waals surface area contributed by atoms with Gasteiger partial charge in [-0.2, -0.15) is 0 Å². The SMILES string of the molecule is Cc1nc2ccccc2n(Cc2ccc(C(=O)NCc3ccc4c(c3)OCO4)cc2)c1=O. The predicted molar refractivity (Wildman–Crippen MR) is 120 cm³/mol. The number of hydrogen-bond acceptors (Lipinski definition) is 5. The van der Waals surface area contributed by atoms with Crippen molar-refractivity contribution in [3.05, 3.63) is 99.5 Å². The maximum absolute atomic E-state index is 12.7. The van der Waals surface area contributed by atoms with Gasteiger partial charge >= 0.3 is 0 Å². The van der Waals surface area contributed by atoms with E-state index in [0.717, 1.165) is 22.2 Å². The Hall–Kier alpha value is -4.13. The standard InChI is InChI=1S/C25H21N3O4/c1-16-25(30)28(21-5-3-2-4-20(21)27-16)14-17-6-9-19(10-7-17)24(29)26-13-18-8-11-22-23(12-18)32-15-31-22/h2-12H,13-15H2,1H3,(H,26,29). The molecule has 5 rings (SSSR count). The molecule has 7 nitrogen and oxygen atoms in total. The maximum Gasteiger partial charge on any atom is 0.272 e. The zero-order valence-corrected chi connectivity index (χ0v) is 17.5. The van der Waals surface area contributed by atoms with Crippen molar-refractivity contribution in [2.45, 2.75) is 20.0 Å². The average Bonchev–Trinajstić information content (AvgIpc) is 3.29. The summed E-state index contributed by atoms with van der Waals surface area (Å²) in [6, 6.07) is 20.5. The number of ether oxygens (including phenoxy) is 2. The highest BCUT2D eigenvalue weighted by Crippen LogP contribution is 2.32. The summed E-state index contributed by atoms with van der Waals surface area (Å²) in [5.74, 6) is 1.23. The lowest BCUT2D eigenvalue weighted by atomic mass is 10.1. The van der Waals surface area contributed by atoms with Crippen molar-refractivity contribution in [3.8, 4) is 11.5 Å². The van der Waals surface area contributed by atoms with Gasteiger partial charge in [-0.3, -0.25) is 9.59 Å². The molecule has 0 saturated heterocycles. The normalized spacial score (nSPS) is 12.2. The van der Waals surface area contributed by atoms with Gasteiger partial charge in [0.15, 0.2) is 11.5 Å². The first-order valence-corrected chi connectivity index (χ1v) is 10.3. The highest BCUT2D eigenvalue weighted by molar-refractivity contribution is 5.94. The summed E-state index contributed by atoms with van der Waals surface area (Å²) in [6.45, 7) is 2.73. The number of aryl methyl sites for hydroxylation is 1. The minimum Gasteiger partial charge on any atom is -0.454 e. The van der Waals surface area contributed by atoms with Crippen LogP contribution in [0.5, 0.6) is 11.5 Å². The van der Waals surface area contributed by atoms with E-state index < -0.39 is 0 Å². The molecule has 0 aliphatic carbocycles. The lowest BCUT2D eigenvalue weighted by Crippen LogP contribution is -2.25. The van der Waals surface area contributed by atoms with Gasteiger partial charge in [0.2, 0.25) is 6.79 Å². The predicted octanol–water partition coefficient (Wildman–Crippen LogP) is 3.41. The van der Waals surface area contributed by atoms with Crippen molar-refractivity contribution in [1.82, 2.24) is 14.9 Å². The monoisotopic (exact) mass is 427 g/mol. The molecule has 0 atom stereocenters. The Morgan fingerprint density at radius 3 is 2.59 bits per heavy atom. The molecule has 0 fully saturated rings. The van der Waals surface area contributed by atoms with Crippen LogP contribution in [0, 0.1) is 6.92 Å². The number of nitrogens with one attached hydrogen (secondary N) is 1. The topological polar surface area (TPSA) is 82.5 Å². The van der Waals surface area contributed by atoms with Crippen molar-refractivity contribution in [3.63, 3.8) is 0 Å². The Morgan fingerprint density at radius 2 is 1.75 bits per heavy atom. The van der Waals surface area contributed by atoms with Gasteiger partial charge in [-0.1, -0.05) is 30.3 Å². The van der Waals surface area contributed by atoms with Crippen molar-refractivity contribution in [1.29, 1.82) is 0 Å². The fraction of sp³-hybridized carbons (Fsp3) is 0.160. The van der Waals surface area contributed by atoms with Gasteiger partial charge in [-0.15, -0.1) is 0 Å². The number of aromatic nitrogens is 2. The van der Waals surface area contributed by atoms with Crippen molar-refractivity contribution < 1.29 is 14.3 Å². The molecule has 32 heavy (non-hydrogen) atoms. The number of hydrogen-bond donors (Lipinski definition) is 1. The number of carbonyl (C=O) groups is 1. The maximum atomic E-state index is 12.7. The van der Waals surface area contributed by atoms with E-state index in [4.69, 9.17) is 9.47 Å². The van der Waals surface area contributed by atoms with Crippen molar-refractivity contribution in [2.24, 2.45) is 0 Å². The Morgan fingerprint density at radius 1 is 1.00 bits per heavy atom. The van der Waals surface area contributed by atoms with Crippen LogP contribution in [0.2, 0.25) is 0 Å². The van der Waals surface area contributed by atoms with E-state index in [-0.39, 0.29) is 18.3 Å². The zero-order valence-electron chi connectivity index (χ0n) is 17.5. The molecule has 0 bridgehead atoms. The molecule has 0 saturated carbocycles. The third-order valence-corrected chi connectivity index (χ3v) is 5.46. The summed E-state index contributed by atoms with van der Waals surface area (Å²) in [7, 11) is 0. The summed E-state index contributed by atoms with van der Waals surface area (Å²) in [5.41, 5.74) is 4.32. The molecule has 0 radical (unpaired) electrons. The summed E-state index contributed by atoms with van der Waals surface area (Å²) in [5, 5.41) is 2.92.